The second-order valence-corrected chi connectivity index (χ2v) is 6.61. The van der Waals surface area contributed by atoms with Gasteiger partial charge in [-0.1, -0.05) is 11.6 Å². The molecule has 0 fully saturated rings. The lowest BCUT2D eigenvalue weighted by atomic mass is 10.0. The molecule has 28 heavy (non-hydrogen) atoms. The summed E-state index contributed by atoms with van der Waals surface area (Å²) in [7, 11) is 1.57. The topological polar surface area (TPSA) is 84.3 Å². The lowest BCUT2D eigenvalue weighted by molar-refractivity contribution is -0.121. The van der Waals surface area contributed by atoms with E-state index in [1.54, 1.807) is 13.2 Å². The molecule has 2 aromatic carbocycles. The first-order valence-corrected chi connectivity index (χ1v) is 9.06. The zero-order chi connectivity index (χ0) is 20.1. The van der Waals surface area contributed by atoms with Crippen LogP contribution in [-0.2, 0) is 11.2 Å². The van der Waals surface area contributed by atoms with Gasteiger partial charge in [0.25, 0.3) is 0 Å². The summed E-state index contributed by atoms with van der Waals surface area (Å²) in [5.41, 5.74) is 2.17. The Balaban J connectivity index is 1.93. The number of aryl methyl sites for hydroxylation is 1. The zero-order valence-electron chi connectivity index (χ0n) is 15.2. The Morgan fingerprint density at radius 1 is 1.29 bits per heavy atom. The third-order valence-corrected chi connectivity index (χ3v) is 4.59. The summed E-state index contributed by atoms with van der Waals surface area (Å²) in [6, 6.07) is 8.05. The number of halogens is 2. The number of anilines is 2. The number of rotatable bonds is 8. The number of aliphatic hydroxyl groups excluding tert-OH is 1. The Kier molecular flexibility index (Phi) is 6.38. The summed E-state index contributed by atoms with van der Waals surface area (Å²) < 4.78 is 18.8. The average molecular weight is 404 g/mol. The van der Waals surface area contributed by atoms with Crippen molar-refractivity contribution in [2.45, 2.75) is 19.3 Å². The second kappa shape index (κ2) is 8.95. The Hall–Kier alpha value is -2.77. The van der Waals surface area contributed by atoms with Gasteiger partial charge in [0, 0.05) is 23.6 Å². The molecule has 0 aliphatic carbocycles. The largest absolute Gasteiger partial charge is 0.496 e. The van der Waals surface area contributed by atoms with Crippen molar-refractivity contribution in [3.63, 3.8) is 0 Å². The highest BCUT2D eigenvalue weighted by Gasteiger charge is 2.12. The van der Waals surface area contributed by atoms with Gasteiger partial charge in [0.1, 0.15) is 30.3 Å². The van der Waals surface area contributed by atoms with Gasteiger partial charge in [-0.15, -0.1) is 0 Å². The molecule has 6 nitrogen and oxygen atoms in total. The van der Waals surface area contributed by atoms with Crippen molar-refractivity contribution >= 4 is 39.8 Å². The van der Waals surface area contributed by atoms with E-state index in [0.717, 1.165) is 10.9 Å². The van der Waals surface area contributed by atoms with Crippen molar-refractivity contribution in [3.05, 3.63) is 53.1 Å². The van der Waals surface area contributed by atoms with E-state index in [4.69, 9.17) is 21.4 Å². The fraction of sp³-hybridized carbons (Fsp3) is 0.250. The summed E-state index contributed by atoms with van der Waals surface area (Å²) in [6.45, 7) is -0.447. The van der Waals surface area contributed by atoms with Gasteiger partial charge in [-0.25, -0.2) is 14.4 Å². The fourth-order valence-corrected chi connectivity index (χ4v) is 3.06. The smallest absolute Gasteiger partial charge is 0.158 e. The van der Waals surface area contributed by atoms with Crippen LogP contribution in [0.4, 0.5) is 15.9 Å². The maximum Gasteiger partial charge on any atom is 0.158 e. The van der Waals surface area contributed by atoms with Gasteiger partial charge < -0.3 is 15.2 Å². The summed E-state index contributed by atoms with van der Waals surface area (Å²) in [5.74, 6) is 0.518. The summed E-state index contributed by atoms with van der Waals surface area (Å²) in [4.78, 5) is 19.9. The number of aliphatic hydroxyl groups is 1. The monoisotopic (exact) mass is 403 g/mol. The molecule has 8 heteroatoms. The number of benzene rings is 2. The van der Waals surface area contributed by atoms with Crippen LogP contribution in [0.25, 0.3) is 10.9 Å². The maximum absolute atomic E-state index is 13.4. The number of aromatic nitrogens is 2. The van der Waals surface area contributed by atoms with Crippen LogP contribution in [0.1, 0.15) is 18.4 Å². The van der Waals surface area contributed by atoms with Crippen LogP contribution in [0.3, 0.4) is 0 Å². The van der Waals surface area contributed by atoms with E-state index < -0.39 is 12.4 Å². The molecule has 0 saturated heterocycles. The Morgan fingerprint density at radius 3 is 2.82 bits per heavy atom. The number of methoxy groups -OCH3 is 1. The van der Waals surface area contributed by atoms with Crippen LogP contribution in [0.5, 0.6) is 5.75 Å². The number of hydrogen-bond acceptors (Lipinski definition) is 6. The van der Waals surface area contributed by atoms with Crippen molar-refractivity contribution in [3.8, 4) is 5.75 Å². The molecule has 0 amide bonds. The van der Waals surface area contributed by atoms with Crippen molar-refractivity contribution < 1.29 is 19.0 Å². The van der Waals surface area contributed by atoms with Crippen molar-refractivity contribution in [2.75, 3.05) is 19.0 Å². The molecule has 1 aromatic heterocycles. The normalized spacial score (nSPS) is 10.9. The number of hydrogen-bond donors (Lipinski definition) is 2. The first kappa shape index (κ1) is 20.0. The van der Waals surface area contributed by atoms with Gasteiger partial charge in [0.2, 0.25) is 0 Å². The molecule has 1 heterocycles. The van der Waals surface area contributed by atoms with E-state index >= 15 is 0 Å². The summed E-state index contributed by atoms with van der Waals surface area (Å²) >= 11 is 5.85. The number of carbonyl (C=O) groups excluding carboxylic acids is 1. The predicted molar refractivity (Wildman–Crippen MR) is 106 cm³/mol. The average Bonchev–Trinajstić information content (AvgIpc) is 2.70. The molecule has 0 unspecified atom stereocenters. The quantitative estimate of drug-likeness (QED) is 0.590. The maximum atomic E-state index is 13.4. The number of nitrogens with zero attached hydrogens (tertiary/aromatic N) is 2. The molecule has 3 rings (SSSR count). The van der Waals surface area contributed by atoms with Crippen LogP contribution in [0.2, 0.25) is 5.02 Å². The number of carbonyl (C=O) groups is 1. The Morgan fingerprint density at radius 2 is 2.11 bits per heavy atom. The number of ketones is 1. The fourth-order valence-electron chi connectivity index (χ4n) is 2.88. The molecule has 0 aliphatic heterocycles. The lowest BCUT2D eigenvalue weighted by Crippen LogP contribution is -2.04. The van der Waals surface area contributed by atoms with Gasteiger partial charge in [0.05, 0.1) is 17.6 Å². The van der Waals surface area contributed by atoms with E-state index in [1.165, 1.54) is 18.5 Å². The number of ether oxygens (including phenoxy) is 1. The van der Waals surface area contributed by atoms with E-state index in [9.17, 15) is 9.18 Å². The molecule has 0 saturated carbocycles. The predicted octanol–water partition coefficient (Wildman–Crippen LogP) is 4.06. The van der Waals surface area contributed by atoms with Gasteiger partial charge in [0.15, 0.2) is 5.78 Å². The molecule has 3 aromatic rings. The Labute approximate surface area is 166 Å². The highest BCUT2D eigenvalue weighted by atomic mass is 35.5. The molecule has 0 radical (unpaired) electrons. The highest BCUT2D eigenvalue weighted by molar-refractivity contribution is 6.31. The lowest BCUT2D eigenvalue weighted by Gasteiger charge is -2.13. The van der Waals surface area contributed by atoms with Crippen LogP contribution in [0.15, 0.2) is 36.7 Å². The minimum atomic E-state index is -0.496. The summed E-state index contributed by atoms with van der Waals surface area (Å²) in [6.07, 6.45) is 2.91. The molecule has 2 N–H and O–H groups in total. The molecule has 0 spiro atoms. The minimum Gasteiger partial charge on any atom is -0.496 e. The molecule has 0 atom stereocenters. The summed E-state index contributed by atoms with van der Waals surface area (Å²) in [5, 5.41) is 12.8. The number of nitrogens with one attached hydrogen (secondary N) is 1. The second-order valence-electron chi connectivity index (χ2n) is 6.21. The van der Waals surface area contributed by atoms with Gasteiger partial charge in [-0.3, -0.25) is 4.79 Å². The van der Waals surface area contributed by atoms with E-state index in [-0.39, 0.29) is 10.8 Å². The van der Waals surface area contributed by atoms with E-state index in [0.29, 0.717) is 42.0 Å². The third kappa shape index (κ3) is 4.55. The van der Waals surface area contributed by atoms with Gasteiger partial charge >= 0.3 is 0 Å². The standard InChI is InChI=1S/C20H19ClFN3O3/c1-28-19-9-18-15(7-12(19)3-2-4-14(27)10-26)20(24-11-23-18)25-13-5-6-17(22)16(21)8-13/h5-9,11,26H,2-4,10H2,1H3,(H,23,24,25). The van der Waals surface area contributed by atoms with Crippen LogP contribution >= 0.6 is 11.6 Å². The first-order valence-electron chi connectivity index (χ1n) is 8.68. The molecule has 0 bridgehead atoms. The molecular weight excluding hydrogens is 385 g/mol. The highest BCUT2D eigenvalue weighted by Crippen LogP contribution is 2.31. The van der Waals surface area contributed by atoms with Crippen LogP contribution in [0, 0.1) is 5.82 Å². The minimum absolute atomic E-state index is 0.0132. The zero-order valence-corrected chi connectivity index (χ0v) is 16.0. The van der Waals surface area contributed by atoms with Gasteiger partial charge in [-0.2, -0.15) is 0 Å². The number of Topliss-reactive ketones (excluding diaryl/α,β-unsaturated/α-hetero) is 1. The van der Waals surface area contributed by atoms with Crippen LogP contribution in [-0.4, -0.2) is 34.6 Å². The van der Waals surface area contributed by atoms with Crippen LogP contribution < -0.4 is 10.1 Å². The van der Waals surface area contributed by atoms with E-state index in [1.807, 2.05) is 12.1 Å². The molecule has 0 aliphatic rings. The Bertz CT molecular complexity index is 1010. The van der Waals surface area contributed by atoms with E-state index in [2.05, 4.69) is 15.3 Å². The van der Waals surface area contributed by atoms with Crippen molar-refractivity contribution in [2.24, 2.45) is 0 Å². The first-order chi connectivity index (χ1) is 13.5. The van der Waals surface area contributed by atoms with Crippen molar-refractivity contribution in [1.82, 2.24) is 9.97 Å². The van der Waals surface area contributed by atoms with Crippen molar-refractivity contribution in [1.29, 1.82) is 0 Å². The number of fused-ring (bicyclic) bond motifs is 1. The SMILES string of the molecule is COc1cc2ncnc(Nc3ccc(F)c(Cl)c3)c2cc1CCCC(=O)CO. The third-order valence-electron chi connectivity index (χ3n) is 4.30. The molecule has 146 valence electrons. The molecular formula is C20H19ClFN3O3. The van der Waals surface area contributed by atoms with Gasteiger partial charge in [-0.05, 0) is 42.7 Å².